The predicted molar refractivity (Wildman–Crippen MR) is 89.1 cm³/mol. The van der Waals surface area contributed by atoms with Gasteiger partial charge in [0.25, 0.3) is 0 Å². The fourth-order valence-corrected chi connectivity index (χ4v) is 4.10. The topological polar surface area (TPSA) is 67.9 Å². The normalized spacial score (nSPS) is 22.0. The van der Waals surface area contributed by atoms with Crippen LogP contribution in [0.4, 0.5) is 5.69 Å². The van der Waals surface area contributed by atoms with Crippen molar-refractivity contribution >= 4 is 28.8 Å². The second-order valence-corrected chi connectivity index (χ2v) is 6.81. The largest absolute Gasteiger partial charge is 0.454 e. The number of fused-ring (bicyclic) bond motifs is 1. The maximum Gasteiger partial charge on any atom is 0.231 e. The molecule has 0 unspecified atom stereocenters. The van der Waals surface area contributed by atoms with Gasteiger partial charge in [-0.25, -0.2) is 0 Å². The van der Waals surface area contributed by atoms with E-state index in [-0.39, 0.29) is 31.1 Å². The summed E-state index contributed by atoms with van der Waals surface area (Å²) in [5.41, 5.74) is 0.635. The standard InChI is InChI=1S/C17H16N2O4S/c1-19-15(20)8-11(16(19)14-3-2-6-24-14)17(21)18-10-4-5-12-13(7-10)23-9-22-12/h2-7,11,16H,8-9H2,1H3,(H,18,21)/t11-,16-/m1/s1. The van der Waals surface area contributed by atoms with Crippen LogP contribution in [0.1, 0.15) is 17.3 Å². The first-order valence-corrected chi connectivity index (χ1v) is 8.51. The van der Waals surface area contributed by atoms with E-state index in [0.29, 0.717) is 17.2 Å². The van der Waals surface area contributed by atoms with Crippen LogP contribution in [-0.2, 0) is 9.59 Å². The first-order valence-electron chi connectivity index (χ1n) is 7.63. The maximum atomic E-state index is 12.8. The van der Waals surface area contributed by atoms with Gasteiger partial charge >= 0.3 is 0 Å². The summed E-state index contributed by atoms with van der Waals surface area (Å²) in [6, 6.07) is 8.95. The van der Waals surface area contributed by atoms with Gasteiger partial charge in [0.2, 0.25) is 18.6 Å². The van der Waals surface area contributed by atoms with Crippen molar-refractivity contribution in [1.82, 2.24) is 4.90 Å². The smallest absolute Gasteiger partial charge is 0.231 e. The summed E-state index contributed by atoms with van der Waals surface area (Å²) in [5.74, 6) is 0.693. The number of hydrogen-bond donors (Lipinski definition) is 1. The SMILES string of the molecule is CN1C(=O)C[C@@H](C(=O)Nc2ccc3c(c2)OCO3)[C@@H]1c1cccs1. The molecule has 1 saturated heterocycles. The highest BCUT2D eigenvalue weighted by atomic mass is 32.1. The van der Waals surface area contributed by atoms with Crippen LogP contribution in [0.5, 0.6) is 11.5 Å². The first-order chi connectivity index (χ1) is 11.6. The zero-order valence-corrected chi connectivity index (χ0v) is 13.8. The third-order valence-electron chi connectivity index (χ3n) is 4.40. The van der Waals surface area contributed by atoms with E-state index in [2.05, 4.69) is 5.32 Å². The molecule has 24 heavy (non-hydrogen) atoms. The molecule has 6 nitrogen and oxygen atoms in total. The fraction of sp³-hybridized carbons (Fsp3) is 0.294. The van der Waals surface area contributed by atoms with E-state index in [1.807, 2.05) is 17.5 Å². The Morgan fingerprint density at radius 3 is 2.92 bits per heavy atom. The quantitative estimate of drug-likeness (QED) is 0.929. The van der Waals surface area contributed by atoms with E-state index in [0.717, 1.165) is 4.88 Å². The molecular weight excluding hydrogens is 328 g/mol. The Bertz CT molecular complexity index is 790. The lowest BCUT2D eigenvalue weighted by atomic mass is 9.98. The molecule has 3 heterocycles. The van der Waals surface area contributed by atoms with Crippen molar-refractivity contribution < 1.29 is 19.1 Å². The number of thiophene rings is 1. The van der Waals surface area contributed by atoms with E-state index in [1.54, 1.807) is 41.5 Å². The second kappa shape index (κ2) is 5.83. The van der Waals surface area contributed by atoms with E-state index in [1.165, 1.54) is 0 Å². The van der Waals surface area contributed by atoms with Gasteiger partial charge in [-0.1, -0.05) is 6.07 Å². The maximum absolute atomic E-state index is 12.8. The Morgan fingerprint density at radius 1 is 1.29 bits per heavy atom. The number of rotatable bonds is 3. The number of anilines is 1. The van der Waals surface area contributed by atoms with Gasteiger partial charge in [0.1, 0.15) is 0 Å². The summed E-state index contributed by atoms with van der Waals surface area (Å²) in [4.78, 5) is 27.6. The van der Waals surface area contributed by atoms with Gasteiger partial charge in [0, 0.05) is 30.1 Å². The summed E-state index contributed by atoms with van der Waals surface area (Å²) >= 11 is 1.56. The second-order valence-electron chi connectivity index (χ2n) is 5.83. The molecule has 1 N–H and O–H groups in total. The van der Waals surface area contributed by atoms with Gasteiger partial charge in [-0.3, -0.25) is 9.59 Å². The number of nitrogens with one attached hydrogen (secondary N) is 1. The van der Waals surface area contributed by atoms with Crippen LogP contribution >= 0.6 is 11.3 Å². The minimum atomic E-state index is -0.411. The number of likely N-dealkylation sites (tertiary alicyclic amines) is 1. The minimum Gasteiger partial charge on any atom is -0.454 e. The third-order valence-corrected chi connectivity index (χ3v) is 5.34. The van der Waals surface area contributed by atoms with Crippen LogP contribution in [0.2, 0.25) is 0 Å². The zero-order chi connectivity index (χ0) is 16.7. The third kappa shape index (κ3) is 2.50. The summed E-state index contributed by atoms with van der Waals surface area (Å²) in [7, 11) is 1.75. The molecule has 2 amide bonds. The van der Waals surface area contributed by atoms with Crippen molar-refractivity contribution in [3.05, 3.63) is 40.6 Å². The Hall–Kier alpha value is -2.54. The van der Waals surface area contributed by atoms with Crippen LogP contribution in [0.15, 0.2) is 35.7 Å². The van der Waals surface area contributed by atoms with Crippen molar-refractivity contribution in [1.29, 1.82) is 0 Å². The fourth-order valence-electron chi connectivity index (χ4n) is 3.16. The molecule has 1 aromatic heterocycles. The zero-order valence-electron chi connectivity index (χ0n) is 13.0. The number of hydrogen-bond acceptors (Lipinski definition) is 5. The lowest BCUT2D eigenvalue weighted by Gasteiger charge is -2.23. The predicted octanol–water partition coefficient (Wildman–Crippen LogP) is 2.63. The number of nitrogens with zero attached hydrogens (tertiary/aromatic N) is 1. The van der Waals surface area contributed by atoms with Crippen molar-refractivity contribution in [2.45, 2.75) is 12.5 Å². The van der Waals surface area contributed by atoms with Crippen LogP contribution in [0, 0.1) is 5.92 Å². The van der Waals surface area contributed by atoms with E-state index >= 15 is 0 Å². The molecule has 124 valence electrons. The summed E-state index contributed by atoms with van der Waals surface area (Å²) in [5, 5.41) is 4.85. The number of carbonyl (C=O) groups excluding carboxylic acids is 2. The Labute approximate surface area is 143 Å². The average Bonchev–Trinajstić information content (AvgIpc) is 3.28. The Balaban J connectivity index is 1.56. The molecule has 1 aromatic carbocycles. The van der Waals surface area contributed by atoms with E-state index in [4.69, 9.17) is 9.47 Å². The van der Waals surface area contributed by atoms with Gasteiger partial charge in [-0.05, 0) is 23.6 Å². The highest BCUT2D eigenvalue weighted by Gasteiger charge is 2.43. The molecule has 0 aliphatic carbocycles. The summed E-state index contributed by atoms with van der Waals surface area (Å²) < 4.78 is 10.6. The molecule has 1 fully saturated rings. The molecule has 2 aromatic rings. The minimum absolute atomic E-state index is 0.0146. The van der Waals surface area contributed by atoms with Crippen molar-refractivity contribution in [3.63, 3.8) is 0 Å². The Kier molecular flexibility index (Phi) is 3.65. The molecule has 2 atom stereocenters. The molecule has 0 spiro atoms. The lowest BCUT2D eigenvalue weighted by Crippen LogP contribution is -2.29. The highest BCUT2D eigenvalue weighted by Crippen LogP contribution is 2.40. The molecule has 0 saturated carbocycles. The van der Waals surface area contributed by atoms with Crippen molar-refractivity contribution in [2.75, 3.05) is 19.2 Å². The van der Waals surface area contributed by atoms with Gasteiger partial charge < -0.3 is 19.7 Å². The Morgan fingerprint density at radius 2 is 2.12 bits per heavy atom. The molecule has 4 rings (SSSR count). The average molecular weight is 344 g/mol. The molecular formula is C17H16N2O4S. The van der Waals surface area contributed by atoms with E-state index < -0.39 is 5.92 Å². The molecule has 7 heteroatoms. The highest BCUT2D eigenvalue weighted by molar-refractivity contribution is 7.10. The van der Waals surface area contributed by atoms with Gasteiger partial charge in [0.05, 0.1) is 12.0 Å². The lowest BCUT2D eigenvalue weighted by molar-refractivity contribution is -0.127. The summed E-state index contributed by atoms with van der Waals surface area (Å²) in [6.07, 6.45) is 0.218. The number of amides is 2. The van der Waals surface area contributed by atoms with Crippen molar-refractivity contribution in [2.24, 2.45) is 5.92 Å². The number of carbonyl (C=O) groups is 2. The van der Waals surface area contributed by atoms with Crippen molar-refractivity contribution in [3.8, 4) is 11.5 Å². The molecule has 0 radical (unpaired) electrons. The number of ether oxygens (including phenoxy) is 2. The number of benzene rings is 1. The van der Waals surface area contributed by atoms with Gasteiger partial charge in [-0.2, -0.15) is 0 Å². The van der Waals surface area contributed by atoms with Gasteiger partial charge in [0.15, 0.2) is 11.5 Å². The van der Waals surface area contributed by atoms with Crippen LogP contribution in [0.25, 0.3) is 0 Å². The van der Waals surface area contributed by atoms with Crippen LogP contribution in [0.3, 0.4) is 0 Å². The molecule has 2 aliphatic rings. The first kappa shape index (κ1) is 15.0. The monoisotopic (exact) mass is 344 g/mol. The molecule has 0 bridgehead atoms. The van der Waals surface area contributed by atoms with Crippen LogP contribution < -0.4 is 14.8 Å². The molecule has 2 aliphatic heterocycles. The van der Waals surface area contributed by atoms with E-state index in [9.17, 15) is 9.59 Å². The van der Waals surface area contributed by atoms with Gasteiger partial charge in [-0.15, -0.1) is 11.3 Å². The summed E-state index contributed by atoms with van der Waals surface area (Å²) in [6.45, 7) is 0.190. The van der Waals surface area contributed by atoms with Crippen LogP contribution in [-0.4, -0.2) is 30.6 Å².